The minimum atomic E-state index is -0.191. The Labute approximate surface area is 134 Å². The molecule has 1 aromatic carbocycles. The molecule has 4 heteroatoms. The molecule has 0 unspecified atom stereocenters. The first-order valence-electron chi connectivity index (χ1n) is 7.30. The standard InChI is InChI=1S/C19H16N2O2/c22-19(8-7-18-2-1-13-23-18)21-17-5-3-15(4-6-17)14-16-9-11-20-12-10-16/h1-13H,14H2,(H,21,22)/b8-7+. The van der Waals surface area contributed by atoms with Crippen LogP contribution in [0.15, 0.2) is 77.7 Å². The molecule has 0 saturated carbocycles. The van der Waals surface area contributed by atoms with Gasteiger partial charge in [-0.15, -0.1) is 0 Å². The van der Waals surface area contributed by atoms with Gasteiger partial charge in [-0.2, -0.15) is 0 Å². The Kier molecular flexibility index (Phi) is 4.64. The normalized spacial score (nSPS) is 10.8. The number of nitrogens with one attached hydrogen (secondary N) is 1. The highest BCUT2D eigenvalue weighted by atomic mass is 16.3. The van der Waals surface area contributed by atoms with Crippen molar-refractivity contribution in [2.45, 2.75) is 6.42 Å². The Morgan fingerprint density at radius 2 is 1.78 bits per heavy atom. The first-order chi connectivity index (χ1) is 11.3. The van der Waals surface area contributed by atoms with Gasteiger partial charge in [0.05, 0.1) is 6.26 Å². The van der Waals surface area contributed by atoms with Gasteiger partial charge in [0.15, 0.2) is 0 Å². The third-order valence-electron chi connectivity index (χ3n) is 3.32. The lowest BCUT2D eigenvalue weighted by atomic mass is 10.1. The van der Waals surface area contributed by atoms with Crippen molar-refractivity contribution in [2.75, 3.05) is 5.32 Å². The minimum Gasteiger partial charge on any atom is -0.465 e. The first-order valence-corrected chi connectivity index (χ1v) is 7.30. The van der Waals surface area contributed by atoms with E-state index in [1.807, 2.05) is 36.4 Å². The van der Waals surface area contributed by atoms with Crippen molar-refractivity contribution in [1.82, 2.24) is 4.98 Å². The Morgan fingerprint density at radius 3 is 2.48 bits per heavy atom. The van der Waals surface area contributed by atoms with E-state index in [1.165, 1.54) is 17.2 Å². The Balaban J connectivity index is 1.58. The molecule has 114 valence electrons. The molecular weight excluding hydrogens is 288 g/mol. The van der Waals surface area contributed by atoms with Crippen molar-refractivity contribution in [3.8, 4) is 0 Å². The largest absolute Gasteiger partial charge is 0.465 e. The molecular formula is C19H16N2O2. The molecule has 3 aromatic rings. The van der Waals surface area contributed by atoms with Gasteiger partial charge >= 0.3 is 0 Å². The molecule has 0 saturated heterocycles. The fraction of sp³-hybridized carbons (Fsp3) is 0.0526. The minimum absolute atomic E-state index is 0.191. The van der Waals surface area contributed by atoms with E-state index in [0.717, 1.165) is 12.1 Å². The summed E-state index contributed by atoms with van der Waals surface area (Å²) in [6.45, 7) is 0. The fourth-order valence-electron chi connectivity index (χ4n) is 2.17. The van der Waals surface area contributed by atoms with E-state index < -0.39 is 0 Å². The van der Waals surface area contributed by atoms with E-state index in [1.54, 1.807) is 36.9 Å². The molecule has 1 N–H and O–H groups in total. The molecule has 4 nitrogen and oxygen atoms in total. The van der Waals surface area contributed by atoms with Gasteiger partial charge in [0.1, 0.15) is 5.76 Å². The number of hydrogen-bond acceptors (Lipinski definition) is 3. The molecule has 0 atom stereocenters. The molecule has 0 fully saturated rings. The van der Waals surface area contributed by atoms with Crippen molar-refractivity contribution < 1.29 is 9.21 Å². The molecule has 0 aliphatic rings. The lowest BCUT2D eigenvalue weighted by Gasteiger charge is -2.05. The van der Waals surface area contributed by atoms with Crippen LogP contribution < -0.4 is 5.32 Å². The summed E-state index contributed by atoms with van der Waals surface area (Å²) in [6.07, 6.45) is 9.07. The number of furan rings is 1. The maximum atomic E-state index is 11.8. The van der Waals surface area contributed by atoms with Crippen LogP contribution in [0, 0.1) is 0 Å². The number of hydrogen-bond donors (Lipinski definition) is 1. The second-order valence-electron chi connectivity index (χ2n) is 5.07. The van der Waals surface area contributed by atoms with Gasteiger partial charge in [0, 0.05) is 24.2 Å². The van der Waals surface area contributed by atoms with E-state index in [0.29, 0.717) is 5.76 Å². The van der Waals surface area contributed by atoms with Gasteiger partial charge in [0.25, 0.3) is 0 Å². The summed E-state index contributed by atoms with van der Waals surface area (Å²) < 4.78 is 5.14. The summed E-state index contributed by atoms with van der Waals surface area (Å²) in [7, 11) is 0. The van der Waals surface area contributed by atoms with Crippen molar-refractivity contribution in [3.63, 3.8) is 0 Å². The van der Waals surface area contributed by atoms with E-state index in [-0.39, 0.29) is 5.91 Å². The van der Waals surface area contributed by atoms with E-state index in [4.69, 9.17) is 4.42 Å². The average Bonchev–Trinajstić information content (AvgIpc) is 3.09. The van der Waals surface area contributed by atoms with Crippen LogP contribution in [0.5, 0.6) is 0 Å². The summed E-state index contributed by atoms with van der Waals surface area (Å²) in [5, 5.41) is 2.82. The van der Waals surface area contributed by atoms with Crippen molar-refractivity contribution in [2.24, 2.45) is 0 Å². The average molecular weight is 304 g/mol. The molecule has 0 aliphatic carbocycles. The van der Waals surface area contributed by atoms with Crippen molar-refractivity contribution >= 4 is 17.7 Å². The molecule has 0 radical (unpaired) electrons. The molecule has 3 rings (SSSR count). The number of amides is 1. The number of rotatable bonds is 5. The Morgan fingerprint density at radius 1 is 1.04 bits per heavy atom. The van der Waals surface area contributed by atoms with E-state index >= 15 is 0 Å². The van der Waals surface area contributed by atoms with Gasteiger partial charge in [0.2, 0.25) is 5.91 Å². The zero-order valence-electron chi connectivity index (χ0n) is 12.5. The van der Waals surface area contributed by atoms with Crippen LogP contribution in [-0.4, -0.2) is 10.9 Å². The fourth-order valence-corrected chi connectivity index (χ4v) is 2.17. The molecule has 0 aliphatic heterocycles. The van der Waals surface area contributed by atoms with Gasteiger partial charge in [-0.25, -0.2) is 0 Å². The maximum Gasteiger partial charge on any atom is 0.248 e. The molecule has 0 spiro atoms. The second-order valence-corrected chi connectivity index (χ2v) is 5.07. The number of nitrogens with zero attached hydrogens (tertiary/aromatic N) is 1. The SMILES string of the molecule is O=C(/C=C/c1ccco1)Nc1ccc(Cc2ccncc2)cc1. The number of pyridine rings is 1. The topological polar surface area (TPSA) is 55.1 Å². The van der Waals surface area contributed by atoms with Crippen molar-refractivity contribution in [1.29, 1.82) is 0 Å². The van der Waals surface area contributed by atoms with Gasteiger partial charge in [-0.3, -0.25) is 9.78 Å². The zero-order chi connectivity index (χ0) is 15.9. The van der Waals surface area contributed by atoms with Crippen LogP contribution >= 0.6 is 0 Å². The summed E-state index contributed by atoms with van der Waals surface area (Å²) in [5.74, 6) is 0.455. The van der Waals surface area contributed by atoms with E-state index in [9.17, 15) is 4.79 Å². The summed E-state index contributed by atoms with van der Waals surface area (Å²) in [5.41, 5.74) is 3.15. The maximum absolute atomic E-state index is 11.8. The summed E-state index contributed by atoms with van der Waals surface area (Å²) in [4.78, 5) is 15.8. The third-order valence-corrected chi connectivity index (χ3v) is 3.32. The highest BCUT2D eigenvalue weighted by molar-refractivity contribution is 6.01. The number of aromatic nitrogens is 1. The molecule has 0 bridgehead atoms. The second kappa shape index (κ2) is 7.22. The third kappa shape index (κ3) is 4.41. The van der Waals surface area contributed by atoms with Crippen molar-refractivity contribution in [3.05, 3.63) is 90.2 Å². The predicted molar refractivity (Wildman–Crippen MR) is 89.9 cm³/mol. The Bertz CT molecular complexity index is 776. The van der Waals surface area contributed by atoms with Crippen LogP contribution in [-0.2, 0) is 11.2 Å². The summed E-state index contributed by atoms with van der Waals surface area (Å²) in [6, 6.07) is 15.4. The van der Waals surface area contributed by atoms with Crippen LogP contribution in [0.1, 0.15) is 16.9 Å². The van der Waals surface area contributed by atoms with Gasteiger partial charge in [-0.1, -0.05) is 12.1 Å². The van der Waals surface area contributed by atoms with E-state index in [2.05, 4.69) is 10.3 Å². The van der Waals surface area contributed by atoms with Crippen LogP contribution in [0.4, 0.5) is 5.69 Å². The highest BCUT2D eigenvalue weighted by Crippen LogP contribution is 2.13. The number of carbonyl (C=O) groups is 1. The van der Waals surface area contributed by atoms with Crippen LogP contribution in [0.25, 0.3) is 6.08 Å². The van der Waals surface area contributed by atoms with Gasteiger partial charge < -0.3 is 9.73 Å². The Hall–Kier alpha value is -3.14. The number of carbonyl (C=O) groups excluding carboxylic acids is 1. The van der Waals surface area contributed by atoms with Gasteiger partial charge in [-0.05, 0) is 60.0 Å². The lowest BCUT2D eigenvalue weighted by molar-refractivity contribution is -0.111. The smallest absolute Gasteiger partial charge is 0.248 e. The van der Waals surface area contributed by atoms with Crippen LogP contribution in [0.2, 0.25) is 0 Å². The molecule has 2 heterocycles. The quantitative estimate of drug-likeness (QED) is 0.727. The first kappa shape index (κ1) is 14.8. The molecule has 23 heavy (non-hydrogen) atoms. The number of anilines is 1. The predicted octanol–water partition coefficient (Wildman–Crippen LogP) is 3.92. The summed E-state index contributed by atoms with van der Waals surface area (Å²) >= 11 is 0. The molecule has 1 amide bonds. The lowest BCUT2D eigenvalue weighted by Crippen LogP contribution is -2.07. The van der Waals surface area contributed by atoms with Crippen LogP contribution in [0.3, 0.4) is 0 Å². The zero-order valence-corrected chi connectivity index (χ0v) is 12.5. The monoisotopic (exact) mass is 304 g/mol. The number of benzene rings is 1. The highest BCUT2D eigenvalue weighted by Gasteiger charge is 2.00. The molecule has 2 aromatic heterocycles.